The first-order valence-corrected chi connectivity index (χ1v) is 5.80. The quantitative estimate of drug-likeness (QED) is 0.753. The van der Waals surface area contributed by atoms with E-state index in [0.29, 0.717) is 0 Å². The van der Waals surface area contributed by atoms with Crippen LogP contribution in [0.5, 0.6) is 0 Å². The van der Waals surface area contributed by atoms with Gasteiger partial charge in [-0.2, -0.15) is 0 Å². The molecule has 0 saturated carbocycles. The average molecular weight is 247 g/mol. The van der Waals surface area contributed by atoms with Crippen molar-refractivity contribution in [3.8, 4) is 0 Å². The molecule has 0 radical (unpaired) electrons. The predicted molar refractivity (Wildman–Crippen MR) is 68.0 cm³/mol. The third kappa shape index (κ3) is 1.59. The summed E-state index contributed by atoms with van der Waals surface area (Å²) in [4.78, 5) is 25.0. The highest BCUT2D eigenvalue weighted by molar-refractivity contribution is 6.07. The first kappa shape index (κ1) is 12.6. The van der Waals surface area contributed by atoms with E-state index in [1.807, 2.05) is 32.0 Å². The SMILES string of the molecule is Cc1ccc(C2(CN)NC(=O)N(C)C2=O)c(C)c1. The summed E-state index contributed by atoms with van der Waals surface area (Å²) < 4.78 is 0. The number of carbonyl (C=O) groups is 2. The lowest BCUT2D eigenvalue weighted by atomic mass is 9.86. The van der Waals surface area contributed by atoms with Crippen molar-refractivity contribution < 1.29 is 9.59 Å². The average Bonchev–Trinajstić information content (AvgIpc) is 2.54. The van der Waals surface area contributed by atoms with Gasteiger partial charge >= 0.3 is 6.03 Å². The number of aryl methyl sites for hydroxylation is 2. The predicted octanol–water partition coefficient (Wildman–Crippen LogP) is 0.639. The first-order chi connectivity index (χ1) is 8.42. The van der Waals surface area contributed by atoms with Crippen molar-refractivity contribution in [2.75, 3.05) is 13.6 Å². The third-order valence-electron chi connectivity index (χ3n) is 3.44. The number of nitrogens with zero attached hydrogens (tertiary/aromatic N) is 1. The summed E-state index contributed by atoms with van der Waals surface area (Å²) in [5, 5.41) is 2.71. The van der Waals surface area contributed by atoms with Gasteiger partial charge in [-0.15, -0.1) is 0 Å². The van der Waals surface area contributed by atoms with Gasteiger partial charge in [-0.25, -0.2) is 4.79 Å². The lowest BCUT2D eigenvalue weighted by Gasteiger charge is -2.27. The Hall–Kier alpha value is -1.88. The summed E-state index contributed by atoms with van der Waals surface area (Å²) in [5.41, 5.74) is 7.45. The van der Waals surface area contributed by atoms with Crippen LogP contribution in [0.4, 0.5) is 4.79 Å². The van der Waals surface area contributed by atoms with Crippen LogP contribution in [-0.4, -0.2) is 30.4 Å². The summed E-state index contributed by atoms with van der Waals surface area (Å²) in [7, 11) is 1.46. The van der Waals surface area contributed by atoms with Crippen LogP contribution in [0.1, 0.15) is 16.7 Å². The van der Waals surface area contributed by atoms with E-state index in [-0.39, 0.29) is 12.5 Å². The van der Waals surface area contributed by atoms with Crippen LogP contribution >= 0.6 is 0 Å². The van der Waals surface area contributed by atoms with E-state index >= 15 is 0 Å². The highest BCUT2D eigenvalue weighted by Gasteiger charge is 2.50. The van der Waals surface area contributed by atoms with Crippen LogP contribution in [0.25, 0.3) is 0 Å². The van der Waals surface area contributed by atoms with Crippen LogP contribution in [-0.2, 0) is 10.3 Å². The molecule has 1 aliphatic rings. The molecule has 5 nitrogen and oxygen atoms in total. The molecular formula is C13H17N3O2. The molecule has 2 rings (SSSR count). The monoisotopic (exact) mass is 247 g/mol. The number of likely N-dealkylation sites (N-methyl/N-ethyl adjacent to an activating group) is 1. The molecule has 0 spiro atoms. The second-order valence-corrected chi connectivity index (χ2v) is 4.72. The van der Waals surface area contributed by atoms with E-state index < -0.39 is 11.6 Å². The van der Waals surface area contributed by atoms with Gasteiger partial charge in [0.15, 0.2) is 5.54 Å². The van der Waals surface area contributed by atoms with E-state index in [1.165, 1.54) is 7.05 Å². The van der Waals surface area contributed by atoms with E-state index in [1.54, 1.807) is 0 Å². The van der Waals surface area contributed by atoms with Crippen LogP contribution in [0.3, 0.4) is 0 Å². The Morgan fingerprint density at radius 1 is 1.33 bits per heavy atom. The Bertz CT molecular complexity index is 527. The van der Waals surface area contributed by atoms with E-state index in [2.05, 4.69) is 5.32 Å². The molecule has 1 aromatic rings. The summed E-state index contributed by atoms with van der Waals surface area (Å²) in [6.45, 7) is 3.94. The van der Waals surface area contributed by atoms with Crippen molar-refractivity contribution >= 4 is 11.9 Å². The maximum absolute atomic E-state index is 12.3. The van der Waals surface area contributed by atoms with Crippen molar-refractivity contribution in [3.05, 3.63) is 34.9 Å². The molecule has 1 heterocycles. The Balaban J connectivity index is 2.58. The van der Waals surface area contributed by atoms with Crippen LogP contribution in [0.15, 0.2) is 18.2 Å². The molecule has 96 valence electrons. The van der Waals surface area contributed by atoms with Crippen molar-refractivity contribution in [1.29, 1.82) is 0 Å². The molecule has 1 saturated heterocycles. The van der Waals surface area contributed by atoms with E-state index in [0.717, 1.165) is 21.6 Å². The van der Waals surface area contributed by atoms with Gasteiger partial charge in [-0.05, 0) is 25.0 Å². The molecular weight excluding hydrogens is 230 g/mol. The fourth-order valence-electron chi connectivity index (χ4n) is 2.42. The summed E-state index contributed by atoms with van der Waals surface area (Å²) >= 11 is 0. The summed E-state index contributed by atoms with van der Waals surface area (Å²) in [6.07, 6.45) is 0. The van der Waals surface area contributed by atoms with Gasteiger partial charge in [0.05, 0.1) is 0 Å². The highest BCUT2D eigenvalue weighted by Crippen LogP contribution is 2.30. The zero-order valence-electron chi connectivity index (χ0n) is 10.8. The number of benzene rings is 1. The van der Waals surface area contributed by atoms with Gasteiger partial charge in [0.1, 0.15) is 0 Å². The van der Waals surface area contributed by atoms with Gasteiger partial charge in [-0.3, -0.25) is 9.69 Å². The van der Waals surface area contributed by atoms with Gasteiger partial charge in [0, 0.05) is 13.6 Å². The zero-order valence-corrected chi connectivity index (χ0v) is 10.8. The molecule has 0 aliphatic carbocycles. The Morgan fingerprint density at radius 3 is 2.44 bits per heavy atom. The molecule has 1 aliphatic heterocycles. The third-order valence-corrected chi connectivity index (χ3v) is 3.44. The van der Waals surface area contributed by atoms with E-state index in [4.69, 9.17) is 5.73 Å². The molecule has 1 unspecified atom stereocenters. The number of hydrogen-bond donors (Lipinski definition) is 2. The Kier molecular flexibility index (Phi) is 2.86. The molecule has 1 atom stereocenters. The molecule has 3 N–H and O–H groups in total. The molecule has 3 amide bonds. The van der Waals surface area contributed by atoms with Crippen LogP contribution in [0, 0.1) is 13.8 Å². The van der Waals surface area contributed by atoms with Crippen molar-refractivity contribution in [3.63, 3.8) is 0 Å². The number of amides is 3. The number of nitrogens with one attached hydrogen (secondary N) is 1. The maximum Gasteiger partial charge on any atom is 0.325 e. The van der Waals surface area contributed by atoms with Crippen LogP contribution < -0.4 is 11.1 Å². The van der Waals surface area contributed by atoms with Crippen LogP contribution in [0.2, 0.25) is 0 Å². The van der Waals surface area contributed by atoms with Crippen molar-refractivity contribution in [1.82, 2.24) is 10.2 Å². The molecule has 0 aromatic heterocycles. The zero-order chi connectivity index (χ0) is 13.5. The standard InChI is InChI=1S/C13H17N3O2/c1-8-4-5-10(9(2)6-8)13(7-14)11(17)16(3)12(18)15-13/h4-6H,7,14H2,1-3H3,(H,15,18). The van der Waals surface area contributed by atoms with E-state index in [9.17, 15) is 9.59 Å². The molecule has 18 heavy (non-hydrogen) atoms. The minimum absolute atomic E-state index is 0.0474. The fraction of sp³-hybridized carbons (Fsp3) is 0.385. The highest BCUT2D eigenvalue weighted by atomic mass is 16.2. The number of urea groups is 1. The van der Waals surface area contributed by atoms with Gasteiger partial charge < -0.3 is 11.1 Å². The minimum atomic E-state index is -1.12. The smallest absolute Gasteiger partial charge is 0.325 e. The second-order valence-electron chi connectivity index (χ2n) is 4.72. The second kappa shape index (κ2) is 4.10. The topological polar surface area (TPSA) is 75.4 Å². The van der Waals surface area contributed by atoms with Gasteiger partial charge in [0.25, 0.3) is 5.91 Å². The number of rotatable bonds is 2. The Morgan fingerprint density at radius 2 is 2.00 bits per heavy atom. The lowest BCUT2D eigenvalue weighted by molar-refractivity contribution is -0.130. The van der Waals surface area contributed by atoms with Gasteiger partial charge in [0.2, 0.25) is 0 Å². The molecule has 1 fully saturated rings. The number of nitrogens with two attached hydrogens (primary N) is 1. The largest absolute Gasteiger partial charge is 0.327 e. The number of carbonyl (C=O) groups excluding carboxylic acids is 2. The Labute approximate surface area is 106 Å². The number of hydrogen-bond acceptors (Lipinski definition) is 3. The molecule has 5 heteroatoms. The van der Waals surface area contributed by atoms with Crippen molar-refractivity contribution in [2.45, 2.75) is 19.4 Å². The first-order valence-electron chi connectivity index (χ1n) is 5.80. The summed E-state index contributed by atoms with van der Waals surface area (Å²) in [6, 6.07) is 5.34. The van der Waals surface area contributed by atoms with Crippen molar-refractivity contribution in [2.24, 2.45) is 5.73 Å². The molecule has 0 bridgehead atoms. The maximum atomic E-state index is 12.3. The fourth-order valence-corrected chi connectivity index (χ4v) is 2.42. The van der Waals surface area contributed by atoms with Gasteiger partial charge in [-0.1, -0.05) is 23.8 Å². The molecule has 1 aromatic carbocycles. The lowest BCUT2D eigenvalue weighted by Crippen LogP contribution is -2.50. The minimum Gasteiger partial charge on any atom is -0.327 e. The summed E-state index contributed by atoms with van der Waals surface area (Å²) in [5.74, 6) is -0.304. The normalized spacial score (nSPS) is 23.4. The number of imide groups is 1.